The highest BCUT2D eigenvalue weighted by atomic mass is 35.5. The molecule has 0 spiro atoms. The summed E-state index contributed by atoms with van der Waals surface area (Å²) in [5.74, 6) is 0. The van der Waals surface area contributed by atoms with Gasteiger partial charge in [0.25, 0.3) is 5.69 Å². The summed E-state index contributed by atoms with van der Waals surface area (Å²) in [6.45, 7) is 1.79. The molecule has 0 fully saturated rings. The number of anilines is 1. The molecule has 0 aliphatic rings. The van der Waals surface area contributed by atoms with Crippen molar-refractivity contribution < 1.29 is 13.3 Å². The van der Waals surface area contributed by atoms with E-state index in [9.17, 15) is 18.5 Å². The van der Waals surface area contributed by atoms with Crippen LogP contribution in [0.25, 0.3) is 0 Å². The van der Waals surface area contributed by atoms with E-state index in [4.69, 9.17) is 16.7 Å². The first-order valence-electron chi connectivity index (χ1n) is 6.52. The molecule has 2 aromatic carbocycles. The van der Waals surface area contributed by atoms with E-state index >= 15 is 0 Å². The molecular formula is C14H14ClN3O4S. The molecule has 0 saturated heterocycles. The van der Waals surface area contributed by atoms with Gasteiger partial charge in [-0.1, -0.05) is 29.8 Å². The van der Waals surface area contributed by atoms with Gasteiger partial charge in [0, 0.05) is 17.2 Å². The average molecular weight is 356 g/mol. The number of nitrogens with two attached hydrogens (primary N) is 1. The smallest absolute Gasteiger partial charge is 0.270 e. The largest absolute Gasteiger partial charge is 0.377 e. The highest BCUT2D eigenvalue weighted by Crippen LogP contribution is 2.30. The number of sulfonamides is 1. The minimum absolute atomic E-state index is 0.172. The maximum atomic E-state index is 11.7. The molecule has 1 atom stereocenters. The van der Waals surface area contributed by atoms with Crippen LogP contribution in [0.1, 0.15) is 18.5 Å². The van der Waals surface area contributed by atoms with E-state index in [-0.39, 0.29) is 22.3 Å². The SMILES string of the molecule is C[C@@H](Nc1ccc([N+](=O)[O-])cc1S(N)(=O)=O)c1ccccc1Cl. The summed E-state index contributed by atoms with van der Waals surface area (Å²) in [4.78, 5) is 9.79. The lowest BCUT2D eigenvalue weighted by molar-refractivity contribution is -0.385. The number of non-ortho nitro benzene ring substituents is 1. The molecule has 23 heavy (non-hydrogen) atoms. The van der Waals surface area contributed by atoms with Crippen molar-refractivity contribution in [3.05, 3.63) is 63.2 Å². The Labute approximate surface area is 138 Å². The minimum atomic E-state index is -4.13. The summed E-state index contributed by atoms with van der Waals surface area (Å²) in [6, 6.07) is 10.2. The standard InChI is InChI=1S/C14H14ClN3O4S/c1-9(11-4-2-3-5-12(11)15)17-13-7-6-10(18(19)20)8-14(13)23(16,21)22/h2-9,17H,1H3,(H2,16,21,22)/t9-/m1/s1. The van der Waals surface area contributed by atoms with Crippen molar-refractivity contribution in [2.45, 2.75) is 17.9 Å². The van der Waals surface area contributed by atoms with E-state index in [1.807, 2.05) is 0 Å². The van der Waals surface area contributed by atoms with Gasteiger partial charge < -0.3 is 5.32 Å². The van der Waals surface area contributed by atoms with Gasteiger partial charge in [-0.15, -0.1) is 0 Å². The van der Waals surface area contributed by atoms with Crippen LogP contribution in [0.3, 0.4) is 0 Å². The number of primary sulfonamides is 1. The minimum Gasteiger partial charge on any atom is -0.377 e. The zero-order valence-corrected chi connectivity index (χ0v) is 13.6. The van der Waals surface area contributed by atoms with Crippen LogP contribution in [-0.2, 0) is 10.0 Å². The van der Waals surface area contributed by atoms with Crippen LogP contribution in [0.2, 0.25) is 5.02 Å². The van der Waals surface area contributed by atoms with Crippen LogP contribution in [0.4, 0.5) is 11.4 Å². The number of halogens is 1. The Morgan fingerprint density at radius 3 is 2.48 bits per heavy atom. The lowest BCUT2D eigenvalue weighted by Crippen LogP contribution is -2.17. The van der Waals surface area contributed by atoms with Crippen LogP contribution in [0.5, 0.6) is 0 Å². The molecule has 0 aromatic heterocycles. The maximum absolute atomic E-state index is 11.7. The molecule has 0 aliphatic carbocycles. The summed E-state index contributed by atoms with van der Waals surface area (Å²) in [6.07, 6.45) is 0. The normalized spacial score (nSPS) is 12.7. The van der Waals surface area contributed by atoms with E-state index in [0.29, 0.717) is 5.02 Å². The highest BCUT2D eigenvalue weighted by Gasteiger charge is 2.20. The molecule has 0 aliphatic heterocycles. The molecule has 2 aromatic rings. The Bertz CT molecular complexity index is 855. The van der Waals surface area contributed by atoms with E-state index in [1.54, 1.807) is 31.2 Å². The third-order valence-corrected chi connectivity index (χ3v) is 4.52. The molecule has 0 heterocycles. The van der Waals surface area contributed by atoms with Crippen molar-refractivity contribution in [3.63, 3.8) is 0 Å². The third kappa shape index (κ3) is 3.98. The monoisotopic (exact) mass is 355 g/mol. The number of benzene rings is 2. The van der Waals surface area contributed by atoms with Gasteiger partial charge in [0.2, 0.25) is 10.0 Å². The molecule has 0 radical (unpaired) electrons. The summed E-state index contributed by atoms with van der Waals surface area (Å²) >= 11 is 6.11. The Morgan fingerprint density at radius 1 is 1.26 bits per heavy atom. The second-order valence-electron chi connectivity index (χ2n) is 4.87. The number of nitrogens with zero attached hydrogens (tertiary/aromatic N) is 1. The second-order valence-corrected chi connectivity index (χ2v) is 6.81. The molecule has 0 bridgehead atoms. The predicted molar refractivity (Wildman–Crippen MR) is 88.0 cm³/mol. The molecule has 0 amide bonds. The summed E-state index contributed by atoms with van der Waals surface area (Å²) in [7, 11) is -4.13. The van der Waals surface area contributed by atoms with Crippen LogP contribution >= 0.6 is 11.6 Å². The van der Waals surface area contributed by atoms with Gasteiger partial charge in [0.1, 0.15) is 4.90 Å². The van der Waals surface area contributed by atoms with E-state index in [1.165, 1.54) is 12.1 Å². The summed E-state index contributed by atoms with van der Waals surface area (Å²) in [5.41, 5.74) is 0.573. The van der Waals surface area contributed by atoms with Gasteiger partial charge in [-0.3, -0.25) is 10.1 Å². The third-order valence-electron chi connectivity index (χ3n) is 3.23. The zero-order chi connectivity index (χ0) is 17.2. The number of nitro benzene ring substituents is 1. The van der Waals surface area contributed by atoms with Gasteiger partial charge in [0.05, 0.1) is 16.7 Å². The molecular weight excluding hydrogens is 342 g/mol. The Balaban J connectivity index is 2.44. The van der Waals surface area contributed by atoms with Gasteiger partial charge in [-0.2, -0.15) is 0 Å². The van der Waals surface area contributed by atoms with Crippen molar-refractivity contribution in [1.29, 1.82) is 0 Å². The fourth-order valence-corrected chi connectivity index (χ4v) is 3.13. The Kier molecular flexibility index (Phi) is 4.88. The maximum Gasteiger partial charge on any atom is 0.270 e. The molecule has 9 heteroatoms. The number of nitro groups is 1. The number of nitrogens with one attached hydrogen (secondary N) is 1. The van der Waals surface area contributed by atoms with Crippen LogP contribution in [-0.4, -0.2) is 13.3 Å². The van der Waals surface area contributed by atoms with Crippen molar-refractivity contribution >= 4 is 33.0 Å². The Hall–Kier alpha value is -2.16. The number of hydrogen-bond acceptors (Lipinski definition) is 5. The van der Waals surface area contributed by atoms with Crippen molar-refractivity contribution in [3.8, 4) is 0 Å². The Morgan fingerprint density at radius 2 is 1.91 bits per heavy atom. The van der Waals surface area contributed by atoms with Crippen molar-refractivity contribution in [2.24, 2.45) is 5.14 Å². The lowest BCUT2D eigenvalue weighted by Gasteiger charge is -2.18. The van der Waals surface area contributed by atoms with Crippen molar-refractivity contribution in [1.82, 2.24) is 0 Å². The topological polar surface area (TPSA) is 115 Å². The zero-order valence-electron chi connectivity index (χ0n) is 12.1. The molecule has 3 N–H and O–H groups in total. The second kappa shape index (κ2) is 6.53. The van der Waals surface area contributed by atoms with E-state index in [0.717, 1.165) is 11.6 Å². The highest BCUT2D eigenvalue weighted by molar-refractivity contribution is 7.89. The molecule has 0 unspecified atom stereocenters. The van der Waals surface area contributed by atoms with Gasteiger partial charge in [-0.05, 0) is 24.6 Å². The van der Waals surface area contributed by atoms with Crippen LogP contribution < -0.4 is 10.5 Å². The van der Waals surface area contributed by atoms with E-state index < -0.39 is 14.9 Å². The summed E-state index contributed by atoms with van der Waals surface area (Å²) in [5, 5.41) is 19.5. The molecule has 2 rings (SSSR count). The first-order valence-corrected chi connectivity index (χ1v) is 8.45. The van der Waals surface area contributed by atoms with Gasteiger partial charge in [-0.25, -0.2) is 13.6 Å². The van der Waals surface area contributed by atoms with Crippen molar-refractivity contribution in [2.75, 3.05) is 5.32 Å². The molecule has 0 saturated carbocycles. The number of hydrogen-bond donors (Lipinski definition) is 2. The predicted octanol–water partition coefficient (Wildman–Crippen LogP) is 3.07. The first-order chi connectivity index (χ1) is 10.7. The lowest BCUT2D eigenvalue weighted by atomic mass is 10.1. The first kappa shape index (κ1) is 17.2. The quantitative estimate of drug-likeness (QED) is 0.631. The fraction of sp³-hybridized carbons (Fsp3) is 0.143. The fourth-order valence-electron chi connectivity index (χ4n) is 2.12. The van der Waals surface area contributed by atoms with Gasteiger partial charge >= 0.3 is 0 Å². The number of rotatable bonds is 5. The van der Waals surface area contributed by atoms with Crippen LogP contribution in [0, 0.1) is 10.1 Å². The molecule has 122 valence electrons. The average Bonchev–Trinajstić information content (AvgIpc) is 2.46. The molecule has 7 nitrogen and oxygen atoms in total. The van der Waals surface area contributed by atoms with Gasteiger partial charge in [0.15, 0.2) is 0 Å². The van der Waals surface area contributed by atoms with E-state index in [2.05, 4.69) is 5.32 Å². The summed E-state index contributed by atoms with van der Waals surface area (Å²) < 4.78 is 23.4. The van der Waals surface area contributed by atoms with Crippen LogP contribution in [0.15, 0.2) is 47.4 Å².